The van der Waals surface area contributed by atoms with E-state index in [1.807, 2.05) is 31.2 Å². The highest BCUT2D eigenvalue weighted by Gasteiger charge is 2.44. The summed E-state index contributed by atoms with van der Waals surface area (Å²) in [6.07, 6.45) is 1.69. The van der Waals surface area contributed by atoms with Gasteiger partial charge < -0.3 is 24.8 Å². The van der Waals surface area contributed by atoms with Gasteiger partial charge in [-0.1, -0.05) is 28.9 Å². The molecule has 3 heterocycles. The van der Waals surface area contributed by atoms with E-state index in [1.165, 1.54) is 0 Å². The molecule has 31 heavy (non-hydrogen) atoms. The maximum atomic E-state index is 12.5. The molecule has 164 valence electrons. The molecule has 8 nitrogen and oxygen atoms in total. The van der Waals surface area contributed by atoms with Crippen molar-refractivity contribution in [2.75, 3.05) is 13.1 Å². The Kier molecular flexibility index (Phi) is 6.18. The second-order valence-corrected chi connectivity index (χ2v) is 8.39. The van der Waals surface area contributed by atoms with Crippen molar-refractivity contribution in [2.24, 2.45) is 5.16 Å². The summed E-state index contributed by atoms with van der Waals surface area (Å²) in [4.78, 5) is 32.3. The van der Waals surface area contributed by atoms with Crippen LogP contribution in [0.15, 0.2) is 46.0 Å². The van der Waals surface area contributed by atoms with E-state index >= 15 is 0 Å². The van der Waals surface area contributed by atoms with Gasteiger partial charge in [-0.3, -0.25) is 4.79 Å². The van der Waals surface area contributed by atoms with Crippen molar-refractivity contribution in [1.82, 2.24) is 15.5 Å². The Balaban J connectivity index is 1.21. The van der Waals surface area contributed by atoms with Crippen molar-refractivity contribution in [3.63, 3.8) is 0 Å². The molecule has 3 amide bonds. The number of benzene rings is 1. The molecule has 1 aromatic heterocycles. The number of nitrogens with one attached hydrogen (secondary N) is 2. The highest BCUT2D eigenvalue weighted by molar-refractivity contribution is 6.39. The van der Waals surface area contributed by atoms with E-state index in [-0.39, 0.29) is 11.9 Å². The summed E-state index contributed by atoms with van der Waals surface area (Å²) in [6, 6.07) is 10.9. The predicted octanol–water partition coefficient (Wildman–Crippen LogP) is 3.38. The van der Waals surface area contributed by atoms with Gasteiger partial charge in [0.05, 0.1) is 6.54 Å². The van der Waals surface area contributed by atoms with Crippen LogP contribution in [0.5, 0.6) is 0 Å². The third-order valence-corrected chi connectivity index (χ3v) is 5.89. The van der Waals surface area contributed by atoms with Crippen molar-refractivity contribution in [2.45, 2.75) is 44.9 Å². The molecule has 2 aromatic rings. The first kappa shape index (κ1) is 21.2. The maximum Gasteiger partial charge on any atom is 0.317 e. The standard InChI is InChI=1S/C22H25ClN4O4/c1-15-2-7-18(30-15)14-24-20(28)19-12-22(31-26-19)8-10-27(11-9-22)21(29)25-13-16-3-5-17(23)6-4-16/h2-7H,8-14H2,1H3,(H,24,28)(H,25,29). The number of oxime groups is 1. The molecule has 0 radical (unpaired) electrons. The molecule has 1 aromatic carbocycles. The number of amides is 3. The average Bonchev–Trinajstić information content (AvgIpc) is 3.38. The van der Waals surface area contributed by atoms with Crippen LogP contribution in [0.2, 0.25) is 5.02 Å². The fraction of sp³-hybridized carbons (Fsp3) is 0.409. The number of hydrogen-bond donors (Lipinski definition) is 2. The van der Waals surface area contributed by atoms with E-state index in [0.29, 0.717) is 61.9 Å². The monoisotopic (exact) mass is 444 g/mol. The lowest BCUT2D eigenvalue weighted by molar-refractivity contribution is -0.115. The number of likely N-dealkylation sites (tertiary alicyclic amines) is 1. The Morgan fingerprint density at radius 1 is 1.10 bits per heavy atom. The zero-order valence-electron chi connectivity index (χ0n) is 17.3. The van der Waals surface area contributed by atoms with E-state index < -0.39 is 5.60 Å². The summed E-state index contributed by atoms with van der Waals surface area (Å²) in [6.45, 7) is 3.69. The van der Waals surface area contributed by atoms with Crippen molar-refractivity contribution < 1.29 is 18.8 Å². The number of halogens is 1. The van der Waals surface area contributed by atoms with Crippen LogP contribution in [0.4, 0.5) is 4.79 Å². The quantitative estimate of drug-likeness (QED) is 0.738. The first-order chi connectivity index (χ1) is 14.9. The molecule has 1 fully saturated rings. The van der Waals surface area contributed by atoms with Crippen molar-refractivity contribution >= 4 is 29.3 Å². The van der Waals surface area contributed by atoms with E-state index in [1.54, 1.807) is 17.0 Å². The fourth-order valence-corrected chi connectivity index (χ4v) is 3.90. The van der Waals surface area contributed by atoms with Gasteiger partial charge in [-0.15, -0.1) is 0 Å². The molecule has 4 rings (SSSR count). The Bertz CT molecular complexity index is 978. The lowest BCUT2D eigenvalue weighted by Gasteiger charge is -2.37. The van der Waals surface area contributed by atoms with Crippen LogP contribution in [0, 0.1) is 6.92 Å². The molecular formula is C22H25ClN4O4. The summed E-state index contributed by atoms with van der Waals surface area (Å²) in [7, 11) is 0. The zero-order chi connectivity index (χ0) is 21.8. The topological polar surface area (TPSA) is 96.2 Å². The van der Waals surface area contributed by atoms with Crippen molar-refractivity contribution in [3.05, 3.63) is 58.5 Å². The lowest BCUT2D eigenvalue weighted by Crippen LogP contribution is -2.50. The van der Waals surface area contributed by atoms with E-state index in [9.17, 15) is 9.59 Å². The van der Waals surface area contributed by atoms with Gasteiger partial charge in [0.1, 0.15) is 22.8 Å². The van der Waals surface area contributed by atoms with E-state index in [4.69, 9.17) is 20.9 Å². The van der Waals surface area contributed by atoms with Crippen LogP contribution >= 0.6 is 11.6 Å². The van der Waals surface area contributed by atoms with Gasteiger partial charge in [0.15, 0.2) is 0 Å². The minimum absolute atomic E-state index is 0.115. The molecule has 2 aliphatic heterocycles. The first-order valence-electron chi connectivity index (χ1n) is 10.3. The second-order valence-electron chi connectivity index (χ2n) is 7.96. The number of urea groups is 1. The summed E-state index contributed by atoms with van der Waals surface area (Å²) >= 11 is 5.89. The normalized spacial score (nSPS) is 17.2. The molecule has 1 saturated heterocycles. The van der Waals surface area contributed by atoms with Crippen LogP contribution in [-0.2, 0) is 22.7 Å². The number of furan rings is 1. The van der Waals surface area contributed by atoms with Gasteiger partial charge in [-0.25, -0.2) is 4.79 Å². The van der Waals surface area contributed by atoms with Crippen LogP contribution in [0.1, 0.15) is 36.3 Å². The highest BCUT2D eigenvalue weighted by atomic mass is 35.5. The number of rotatable bonds is 5. The van der Waals surface area contributed by atoms with Crippen molar-refractivity contribution in [1.29, 1.82) is 0 Å². The molecule has 1 spiro atoms. The molecular weight excluding hydrogens is 420 g/mol. The zero-order valence-corrected chi connectivity index (χ0v) is 18.1. The number of carbonyl (C=O) groups is 2. The SMILES string of the molecule is Cc1ccc(CNC(=O)C2=NOC3(CCN(C(=O)NCc4ccc(Cl)cc4)CC3)C2)o1. The van der Waals surface area contributed by atoms with Gasteiger partial charge in [0, 0.05) is 43.9 Å². The smallest absolute Gasteiger partial charge is 0.317 e. The van der Waals surface area contributed by atoms with Gasteiger partial charge in [0.25, 0.3) is 5.91 Å². The van der Waals surface area contributed by atoms with Crippen molar-refractivity contribution in [3.8, 4) is 0 Å². The third kappa shape index (κ3) is 5.19. The minimum Gasteiger partial charge on any atom is -0.465 e. The average molecular weight is 445 g/mol. The Labute approximate surface area is 185 Å². The van der Waals surface area contributed by atoms with Crippen LogP contribution in [-0.4, -0.2) is 41.2 Å². The van der Waals surface area contributed by atoms with Gasteiger partial charge in [0.2, 0.25) is 0 Å². The number of piperidine rings is 1. The second kappa shape index (κ2) is 9.01. The summed E-state index contributed by atoms with van der Waals surface area (Å²) in [5.74, 6) is 1.24. The summed E-state index contributed by atoms with van der Waals surface area (Å²) < 4.78 is 5.46. The predicted molar refractivity (Wildman–Crippen MR) is 116 cm³/mol. The summed E-state index contributed by atoms with van der Waals surface area (Å²) in [5.41, 5.74) is 0.851. The molecule has 0 unspecified atom stereocenters. The largest absolute Gasteiger partial charge is 0.465 e. The number of hydrogen-bond acceptors (Lipinski definition) is 5. The highest BCUT2D eigenvalue weighted by Crippen LogP contribution is 2.34. The Hall–Kier alpha value is -3.00. The Morgan fingerprint density at radius 3 is 2.52 bits per heavy atom. The number of carbonyl (C=O) groups excluding carboxylic acids is 2. The molecule has 0 bridgehead atoms. The third-order valence-electron chi connectivity index (χ3n) is 5.64. The number of nitrogens with zero attached hydrogens (tertiary/aromatic N) is 2. The molecule has 0 aliphatic carbocycles. The summed E-state index contributed by atoms with van der Waals surface area (Å²) in [5, 5.41) is 10.4. The van der Waals surface area contributed by atoms with Crippen LogP contribution in [0.25, 0.3) is 0 Å². The van der Waals surface area contributed by atoms with E-state index in [2.05, 4.69) is 15.8 Å². The van der Waals surface area contributed by atoms with Gasteiger partial charge >= 0.3 is 6.03 Å². The first-order valence-corrected chi connectivity index (χ1v) is 10.7. The lowest BCUT2D eigenvalue weighted by atomic mass is 9.87. The van der Waals surface area contributed by atoms with Crippen LogP contribution < -0.4 is 10.6 Å². The Morgan fingerprint density at radius 2 is 1.84 bits per heavy atom. The maximum absolute atomic E-state index is 12.5. The molecule has 2 aliphatic rings. The minimum atomic E-state index is -0.513. The molecule has 0 saturated carbocycles. The molecule has 2 N–H and O–H groups in total. The van der Waals surface area contributed by atoms with Gasteiger partial charge in [-0.05, 0) is 36.8 Å². The van der Waals surface area contributed by atoms with Crippen LogP contribution in [0.3, 0.4) is 0 Å². The fourth-order valence-electron chi connectivity index (χ4n) is 3.77. The molecule has 9 heteroatoms. The van der Waals surface area contributed by atoms with Gasteiger partial charge in [-0.2, -0.15) is 0 Å². The number of aryl methyl sites for hydroxylation is 1. The van der Waals surface area contributed by atoms with E-state index in [0.717, 1.165) is 11.3 Å². The molecule has 0 atom stereocenters.